The second kappa shape index (κ2) is 7.81. The molecule has 2 aliphatic rings. The predicted octanol–water partition coefficient (Wildman–Crippen LogP) is 2.30. The first-order valence-corrected chi connectivity index (χ1v) is 9.16. The van der Waals surface area contributed by atoms with Gasteiger partial charge >= 0.3 is 0 Å². The lowest BCUT2D eigenvalue weighted by Gasteiger charge is -2.35. The lowest BCUT2D eigenvalue weighted by atomic mass is 9.84. The number of piperidine rings is 1. The van der Waals surface area contributed by atoms with E-state index in [1.807, 2.05) is 24.3 Å². The first kappa shape index (κ1) is 17.0. The number of rotatable bonds is 5. The van der Waals surface area contributed by atoms with E-state index in [1.54, 1.807) is 12.4 Å². The van der Waals surface area contributed by atoms with Crippen molar-refractivity contribution in [2.24, 2.45) is 11.8 Å². The number of hydrogen-bond donors (Lipinski definition) is 1. The smallest absolute Gasteiger partial charge is 0.222 e. The molecule has 2 aliphatic heterocycles. The van der Waals surface area contributed by atoms with Crippen LogP contribution in [0.3, 0.4) is 0 Å². The van der Waals surface area contributed by atoms with E-state index in [0.29, 0.717) is 17.8 Å². The molecule has 2 saturated heterocycles. The van der Waals surface area contributed by atoms with Crippen molar-refractivity contribution in [1.29, 1.82) is 5.26 Å². The Hall–Kier alpha value is -2.49. The monoisotopic (exact) mass is 349 g/mol. The summed E-state index contributed by atoms with van der Waals surface area (Å²) in [6.07, 6.45) is 4.86. The van der Waals surface area contributed by atoms with Crippen LogP contribution in [0.25, 0.3) is 0 Å². The van der Waals surface area contributed by atoms with Gasteiger partial charge < -0.3 is 10.1 Å². The molecular formula is C20H23N5O. The van der Waals surface area contributed by atoms with Crippen molar-refractivity contribution in [3.8, 4) is 6.07 Å². The summed E-state index contributed by atoms with van der Waals surface area (Å²) in [5.41, 5.74) is 1.94. The van der Waals surface area contributed by atoms with Crippen molar-refractivity contribution >= 4 is 5.95 Å². The van der Waals surface area contributed by atoms with Gasteiger partial charge in [-0.1, -0.05) is 12.1 Å². The third-order valence-corrected chi connectivity index (χ3v) is 5.37. The Labute approximate surface area is 153 Å². The number of aromatic nitrogens is 2. The van der Waals surface area contributed by atoms with E-state index in [2.05, 4.69) is 32.3 Å². The maximum absolute atomic E-state index is 9.06. The quantitative estimate of drug-likeness (QED) is 0.893. The molecule has 0 amide bonds. The summed E-state index contributed by atoms with van der Waals surface area (Å²) in [6, 6.07) is 11.9. The molecule has 0 aliphatic carbocycles. The molecule has 0 saturated carbocycles. The average Bonchev–Trinajstić information content (AvgIpc) is 3.09. The molecule has 0 bridgehead atoms. The molecule has 26 heavy (non-hydrogen) atoms. The third-order valence-electron chi connectivity index (χ3n) is 5.37. The van der Waals surface area contributed by atoms with Crippen LogP contribution in [0.5, 0.6) is 0 Å². The van der Waals surface area contributed by atoms with Gasteiger partial charge in [-0.2, -0.15) is 5.26 Å². The van der Waals surface area contributed by atoms with Gasteiger partial charge in [0.05, 0.1) is 24.3 Å². The number of fused-ring (bicyclic) bond motifs is 1. The summed E-state index contributed by atoms with van der Waals surface area (Å²) >= 11 is 0. The molecule has 2 fully saturated rings. The second-order valence-electron chi connectivity index (χ2n) is 7.08. The third kappa shape index (κ3) is 3.85. The molecule has 0 radical (unpaired) electrons. The van der Waals surface area contributed by atoms with E-state index in [9.17, 15) is 0 Å². The summed E-state index contributed by atoms with van der Waals surface area (Å²) < 4.78 is 6.07. The van der Waals surface area contributed by atoms with Crippen molar-refractivity contribution in [2.45, 2.75) is 19.1 Å². The number of benzene rings is 1. The lowest BCUT2D eigenvalue weighted by molar-refractivity contribution is 0.0946. The first-order chi connectivity index (χ1) is 12.8. The van der Waals surface area contributed by atoms with E-state index in [0.717, 1.165) is 44.8 Å². The summed E-state index contributed by atoms with van der Waals surface area (Å²) in [6.45, 7) is 4.61. The molecule has 6 heteroatoms. The first-order valence-electron chi connectivity index (χ1n) is 9.16. The molecule has 1 aromatic carbocycles. The van der Waals surface area contributed by atoms with Gasteiger partial charge in [0.2, 0.25) is 5.95 Å². The number of hydrogen-bond acceptors (Lipinski definition) is 6. The van der Waals surface area contributed by atoms with E-state index >= 15 is 0 Å². The Bertz CT molecular complexity index is 775. The van der Waals surface area contributed by atoms with Gasteiger partial charge in [-0.05, 0) is 42.6 Å². The standard InChI is InChI=1S/C20H23N5O/c21-10-15-3-1-4-16(9-15)12-25-8-5-18-17(13-25)14-26-19(18)11-24-20-22-6-2-7-23-20/h1-4,6-7,9,17-19H,5,8,11-14H2,(H,22,23,24)/t17-,18-,19-/m1/s1. The number of nitrogens with one attached hydrogen (secondary N) is 1. The zero-order valence-corrected chi connectivity index (χ0v) is 14.7. The normalized spacial score (nSPS) is 25.4. The van der Waals surface area contributed by atoms with Gasteiger partial charge in [-0.25, -0.2) is 9.97 Å². The maximum Gasteiger partial charge on any atom is 0.222 e. The topological polar surface area (TPSA) is 74.1 Å². The molecule has 3 atom stereocenters. The van der Waals surface area contributed by atoms with Crippen LogP contribution in [-0.2, 0) is 11.3 Å². The van der Waals surface area contributed by atoms with Gasteiger partial charge in [0.15, 0.2) is 0 Å². The van der Waals surface area contributed by atoms with Crippen molar-refractivity contribution in [2.75, 3.05) is 31.6 Å². The van der Waals surface area contributed by atoms with Crippen LogP contribution < -0.4 is 5.32 Å². The summed E-state index contributed by atoms with van der Waals surface area (Å²) in [7, 11) is 0. The predicted molar refractivity (Wildman–Crippen MR) is 98.3 cm³/mol. The minimum absolute atomic E-state index is 0.230. The van der Waals surface area contributed by atoms with Crippen LogP contribution in [0.4, 0.5) is 5.95 Å². The van der Waals surface area contributed by atoms with E-state index in [-0.39, 0.29) is 6.10 Å². The second-order valence-corrected chi connectivity index (χ2v) is 7.08. The zero-order chi connectivity index (χ0) is 17.8. The molecule has 134 valence electrons. The molecular weight excluding hydrogens is 326 g/mol. The van der Waals surface area contributed by atoms with Crippen molar-refractivity contribution in [3.05, 3.63) is 53.9 Å². The maximum atomic E-state index is 9.06. The molecule has 4 rings (SSSR count). The van der Waals surface area contributed by atoms with E-state index in [1.165, 1.54) is 5.56 Å². The highest BCUT2D eigenvalue weighted by atomic mass is 16.5. The minimum Gasteiger partial charge on any atom is -0.376 e. The number of ether oxygens (including phenoxy) is 1. The molecule has 6 nitrogen and oxygen atoms in total. The summed E-state index contributed by atoms with van der Waals surface area (Å²) in [4.78, 5) is 10.9. The van der Waals surface area contributed by atoms with Crippen LogP contribution in [0.1, 0.15) is 17.5 Å². The highest BCUT2D eigenvalue weighted by Gasteiger charge is 2.40. The van der Waals surface area contributed by atoms with Gasteiger partial charge in [0.25, 0.3) is 0 Å². The van der Waals surface area contributed by atoms with Crippen LogP contribution in [0.2, 0.25) is 0 Å². The van der Waals surface area contributed by atoms with E-state index in [4.69, 9.17) is 10.00 Å². The van der Waals surface area contributed by atoms with Crippen LogP contribution in [0, 0.1) is 23.2 Å². The molecule has 1 N–H and O–H groups in total. The minimum atomic E-state index is 0.230. The fourth-order valence-electron chi connectivity index (χ4n) is 4.10. The SMILES string of the molecule is N#Cc1cccc(CN2CC[C@@H]3[C@@H](CO[C@@H]3CNc3ncccn3)C2)c1. The van der Waals surface area contributed by atoms with E-state index < -0.39 is 0 Å². The number of nitriles is 1. The molecule has 3 heterocycles. The molecule has 1 aromatic heterocycles. The summed E-state index contributed by atoms with van der Waals surface area (Å²) in [5.74, 6) is 1.83. The Kier molecular flexibility index (Phi) is 5.09. The summed E-state index contributed by atoms with van der Waals surface area (Å²) in [5, 5.41) is 12.3. The molecule has 0 unspecified atom stereocenters. The fourth-order valence-corrected chi connectivity index (χ4v) is 4.10. The number of anilines is 1. The molecule has 2 aromatic rings. The largest absolute Gasteiger partial charge is 0.376 e. The van der Waals surface area contributed by atoms with Gasteiger partial charge in [-0.3, -0.25) is 4.90 Å². The number of likely N-dealkylation sites (tertiary alicyclic amines) is 1. The zero-order valence-electron chi connectivity index (χ0n) is 14.7. The lowest BCUT2D eigenvalue weighted by Crippen LogP contribution is -2.42. The highest BCUT2D eigenvalue weighted by molar-refractivity contribution is 5.32. The highest BCUT2D eigenvalue weighted by Crippen LogP contribution is 2.34. The average molecular weight is 349 g/mol. The van der Waals surface area contributed by atoms with Gasteiger partial charge in [-0.15, -0.1) is 0 Å². The van der Waals surface area contributed by atoms with Crippen LogP contribution in [-0.4, -0.2) is 47.2 Å². The Morgan fingerprint density at radius 2 is 2.15 bits per heavy atom. The Balaban J connectivity index is 1.31. The van der Waals surface area contributed by atoms with Crippen LogP contribution >= 0.6 is 0 Å². The molecule has 0 spiro atoms. The van der Waals surface area contributed by atoms with Gasteiger partial charge in [0.1, 0.15) is 0 Å². The number of nitrogens with zero attached hydrogens (tertiary/aromatic N) is 4. The van der Waals surface area contributed by atoms with Gasteiger partial charge in [0, 0.05) is 37.9 Å². The van der Waals surface area contributed by atoms with Crippen molar-refractivity contribution in [3.63, 3.8) is 0 Å². The Morgan fingerprint density at radius 1 is 1.27 bits per heavy atom. The van der Waals surface area contributed by atoms with Crippen molar-refractivity contribution in [1.82, 2.24) is 14.9 Å². The fraction of sp³-hybridized carbons (Fsp3) is 0.450. The van der Waals surface area contributed by atoms with Crippen molar-refractivity contribution < 1.29 is 4.74 Å². The van der Waals surface area contributed by atoms with Crippen LogP contribution in [0.15, 0.2) is 42.7 Å². The Morgan fingerprint density at radius 3 is 3.00 bits per heavy atom.